The van der Waals surface area contributed by atoms with E-state index in [4.69, 9.17) is 0 Å². The fourth-order valence-electron chi connectivity index (χ4n) is 4.90. The lowest BCUT2D eigenvalue weighted by Gasteiger charge is -2.16. The summed E-state index contributed by atoms with van der Waals surface area (Å²) in [5, 5.41) is 0. The van der Waals surface area contributed by atoms with Crippen molar-refractivity contribution in [1.82, 2.24) is 4.57 Å². The summed E-state index contributed by atoms with van der Waals surface area (Å²) in [5.41, 5.74) is 12.2. The maximum absolute atomic E-state index is 2.43. The van der Waals surface area contributed by atoms with Gasteiger partial charge in [-0.25, -0.2) is 4.57 Å². The van der Waals surface area contributed by atoms with Crippen LogP contribution < -0.4 is 4.57 Å². The van der Waals surface area contributed by atoms with Crippen LogP contribution in [0.2, 0.25) is 0 Å². The van der Waals surface area contributed by atoms with Gasteiger partial charge in [0, 0.05) is 11.1 Å². The molecule has 0 fully saturated rings. The molecular formula is C29H35N2+. The SMILES string of the molecule is Cc1cc(C)c(C[n+]2cn(-c3c(C(C)C)cccc3C(C)C)c3ccccc32)c(C)c1. The number of para-hydroxylation sites is 3. The van der Waals surface area contributed by atoms with E-state index in [2.05, 4.69) is 119 Å². The second-order valence-corrected chi connectivity index (χ2v) is 9.57. The third-order valence-corrected chi connectivity index (χ3v) is 6.46. The Morgan fingerprint density at radius 1 is 0.774 bits per heavy atom. The van der Waals surface area contributed by atoms with Gasteiger partial charge < -0.3 is 0 Å². The van der Waals surface area contributed by atoms with Crippen molar-refractivity contribution >= 4 is 11.0 Å². The Balaban J connectivity index is 1.96. The Hall–Kier alpha value is -2.87. The summed E-state index contributed by atoms with van der Waals surface area (Å²) in [6.07, 6.45) is 2.32. The van der Waals surface area contributed by atoms with Gasteiger partial charge in [0.15, 0.2) is 11.0 Å². The van der Waals surface area contributed by atoms with E-state index < -0.39 is 0 Å². The monoisotopic (exact) mass is 411 g/mol. The molecule has 0 saturated carbocycles. The minimum atomic E-state index is 0.463. The third kappa shape index (κ3) is 3.92. The Morgan fingerprint density at radius 2 is 1.35 bits per heavy atom. The summed E-state index contributed by atoms with van der Waals surface area (Å²) in [6, 6.07) is 20.2. The first-order chi connectivity index (χ1) is 14.8. The molecule has 0 unspecified atom stereocenters. The summed E-state index contributed by atoms with van der Waals surface area (Å²) in [6.45, 7) is 16.7. The minimum Gasteiger partial charge on any atom is -0.225 e. The fraction of sp³-hybridized carbons (Fsp3) is 0.345. The fourth-order valence-corrected chi connectivity index (χ4v) is 4.90. The van der Waals surface area contributed by atoms with Crippen LogP contribution in [0, 0.1) is 20.8 Å². The molecule has 0 aliphatic carbocycles. The van der Waals surface area contributed by atoms with Gasteiger partial charge in [-0.05, 0) is 61.4 Å². The van der Waals surface area contributed by atoms with E-state index in [1.807, 2.05) is 0 Å². The smallest absolute Gasteiger partial charge is 0.225 e. The Kier molecular flexibility index (Phi) is 5.75. The van der Waals surface area contributed by atoms with E-state index in [0.29, 0.717) is 11.8 Å². The van der Waals surface area contributed by atoms with Gasteiger partial charge in [0.1, 0.15) is 12.2 Å². The van der Waals surface area contributed by atoms with Crippen LogP contribution in [0.25, 0.3) is 16.7 Å². The molecule has 1 heterocycles. The minimum absolute atomic E-state index is 0.463. The molecule has 0 radical (unpaired) electrons. The van der Waals surface area contributed by atoms with Crippen molar-refractivity contribution in [1.29, 1.82) is 0 Å². The average molecular weight is 412 g/mol. The van der Waals surface area contributed by atoms with Crippen molar-refractivity contribution in [3.05, 3.63) is 94.3 Å². The number of aromatic nitrogens is 2. The Bertz CT molecular complexity index is 1190. The molecule has 1 aromatic heterocycles. The quantitative estimate of drug-likeness (QED) is 0.309. The van der Waals surface area contributed by atoms with E-state index in [1.54, 1.807) is 0 Å². The molecule has 3 aromatic carbocycles. The van der Waals surface area contributed by atoms with Crippen LogP contribution in [0.3, 0.4) is 0 Å². The van der Waals surface area contributed by atoms with Crippen LogP contribution in [-0.2, 0) is 6.54 Å². The van der Waals surface area contributed by atoms with Gasteiger partial charge in [0.05, 0.1) is 0 Å². The number of nitrogens with zero attached hydrogens (tertiary/aromatic N) is 2. The predicted octanol–water partition coefficient (Wildman–Crippen LogP) is 7.14. The van der Waals surface area contributed by atoms with Crippen LogP contribution >= 0.6 is 0 Å². The van der Waals surface area contributed by atoms with Crippen LogP contribution in [0.4, 0.5) is 0 Å². The number of benzene rings is 3. The normalized spacial score (nSPS) is 11.8. The van der Waals surface area contributed by atoms with Gasteiger partial charge in [0.25, 0.3) is 0 Å². The highest BCUT2D eigenvalue weighted by Gasteiger charge is 2.24. The number of aryl methyl sites for hydroxylation is 3. The summed E-state index contributed by atoms with van der Waals surface area (Å²) in [4.78, 5) is 0. The first-order valence-corrected chi connectivity index (χ1v) is 11.5. The number of hydrogen-bond acceptors (Lipinski definition) is 0. The first kappa shape index (κ1) is 21.4. The number of rotatable bonds is 5. The second kappa shape index (κ2) is 8.34. The highest BCUT2D eigenvalue weighted by molar-refractivity contribution is 5.75. The zero-order valence-electron chi connectivity index (χ0n) is 20.0. The van der Waals surface area contributed by atoms with Crippen molar-refractivity contribution in [2.45, 2.75) is 66.8 Å². The Morgan fingerprint density at radius 3 is 1.94 bits per heavy atom. The molecule has 0 amide bonds. The van der Waals surface area contributed by atoms with Gasteiger partial charge in [-0.15, -0.1) is 0 Å². The number of hydrogen-bond donors (Lipinski definition) is 0. The summed E-state index contributed by atoms with van der Waals surface area (Å²) < 4.78 is 4.85. The van der Waals surface area contributed by atoms with Crippen molar-refractivity contribution < 1.29 is 4.57 Å². The molecule has 0 spiro atoms. The standard InChI is InChI=1S/C29H35N2/c1-19(2)24-11-10-12-25(20(3)4)29(24)31-18-30(27-13-8-9-14-28(27)31)17-26-22(6)15-21(5)16-23(26)7/h8-16,18-20H,17H2,1-7H3/q+1. The predicted molar refractivity (Wildman–Crippen MR) is 131 cm³/mol. The molecule has 2 heteroatoms. The molecule has 4 aromatic rings. The molecule has 31 heavy (non-hydrogen) atoms. The lowest BCUT2D eigenvalue weighted by atomic mass is 9.92. The van der Waals surface area contributed by atoms with E-state index >= 15 is 0 Å². The number of imidazole rings is 1. The molecule has 160 valence electrons. The molecule has 4 rings (SSSR count). The maximum atomic E-state index is 2.43. The maximum Gasteiger partial charge on any atom is 0.250 e. The van der Waals surface area contributed by atoms with Gasteiger partial charge in [0.2, 0.25) is 6.33 Å². The van der Waals surface area contributed by atoms with E-state index in [-0.39, 0.29) is 0 Å². The number of fused-ring (bicyclic) bond motifs is 1. The molecule has 0 atom stereocenters. The zero-order valence-corrected chi connectivity index (χ0v) is 20.0. The van der Waals surface area contributed by atoms with Crippen LogP contribution in [0.15, 0.2) is 60.9 Å². The van der Waals surface area contributed by atoms with Gasteiger partial charge in [-0.1, -0.05) is 75.7 Å². The highest BCUT2D eigenvalue weighted by Crippen LogP contribution is 2.33. The molecular weight excluding hydrogens is 376 g/mol. The van der Waals surface area contributed by atoms with E-state index in [1.165, 1.54) is 50.1 Å². The summed E-state index contributed by atoms with van der Waals surface area (Å²) in [5.74, 6) is 0.926. The lowest BCUT2D eigenvalue weighted by molar-refractivity contribution is -0.663. The van der Waals surface area contributed by atoms with Gasteiger partial charge in [-0.2, -0.15) is 4.57 Å². The third-order valence-electron chi connectivity index (χ3n) is 6.46. The Labute approximate surface area is 187 Å². The highest BCUT2D eigenvalue weighted by atomic mass is 15.1. The molecule has 0 aliphatic heterocycles. The van der Waals surface area contributed by atoms with Crippen molar-refractivity contribution in [2.75, 3.05) is 0 Å². The molecule has 2 nitrogen and oxygen atoms in total. The van der Waals surface area contributed by atoms with Crippen LogP contribution in [0.1, 0.15) is 72.9 Å². The van der Waals surface area contributed by atoms with Crippen molar-refractivity contribution in [3.8, 4) is 5.69 Å². The average Bonchev–Trinajstić information content (AvgIpc) is 3.08. The van der Waals surface area contributed by atoms with Crippen LogP contribution in [0.5, 0.6) is 0 Å². The van der Waals surface area contributed by atoms with E-state index in [0.717, 1.165) is 6.54 Å². The first-order valence-electron chi connectivity index (χ1n) is 11.5. The summed E-state index contributed by atoms with van der Waals surface area (Å²) in [7, 11) is 0. The van der Waals surface area contributed by atoms with E-state index in [9.17, 15) is 0 Å². The van der Waals surface area contributed by atoms with Gasteiger partial charge in [-0.3, -0.25) is 0 Å². The van der Waals surface area contributed by atoms with Gasteiger partial charge >= 0.3 is 0 Å². The van der Waals surface area contributed by atoms with Crippen molar-refractivity contribution in [3.63, 3.8) is 0 Å². The topological polar surface area (TPSA) is 8.81 Å². The zero-order chi connectivity index (χ0) is 22.3. The largest absolute Gasteiger partial charge is 0.250 e. The summed E-state index contributed by atoms with van der Waals surface area (Å²) >= 11 is 0. The molecule has 0 N–H and O–H groups in total. The second-order valence-electron chi connectivity index (χ2n) is 9.57. The van der Waals surface area contributed by atoms with Crippen LogP contribution in [-0.4, -0.2) is 4.57 Å². The van der Waals surface area contributed by atoms with Crippen molar-refractivity contribution in [2.24, 2.45) is 0 Å². The molecule has 0 bridgehead atoms. The molecule has 0 aliphatic rings. The molecule has 0 saturated heterocycles. The lowest BCUT2D eigenvalue weighted by Crippen LogP contribution is -2.33.